The number of aromatic nitrogens is 2. The number of amides is 1. The molecule has 2 heterocycles. The van der Waals surface area contributed by atoms with Crippen molar-refractivity contribution in [3.05, 3.63) is 46.4 Å². The van der Waals surface area contributed by atoms with Crippen LogP contribution >= 0.6 is 15.9 Å². The van der Waals surface area contributed by atoms with E-state index in [1.54, 1.807) is 12.1 Å². The summed E-state index contributed by atoms with van der Waals surface area (Å²) < 4.78 is 33.0. The molecular weight excluding hydrogens is 460 g/mol. The van der Waals surface area contributed by atoms with Crippen LogP contribution in [0.4, 0.5) is 5.69 Å². The molecule has 4 rings (SSSR count). The van der Waals surface area contributed by atoms with Gasteiger partial charge in [-0.2, -0.15) is 4.31 Å². The van der Waals surface area contributed by atoms with Crippen LogP contribution in [-0.2, 0) is 14.8 Å². The highest BCUT2D eigenvalue weighted by atomic mass is 79.9. The molecule has 1 aromatic heterocycles. The molecule has 0 saturated carbocycles. The molecule has 0 unspecified atom stereocenters. The van der Waals surface area contributed by atoms with E-state index in [0.717, 1.165) is 10.0 Å². The summed E-state index contributed by atoms with van der Waals surface area (Å²) >= 11 is 3.46. The average Bonchev–Trinajstić information content (AvgIpc) is 3.19. The molecule has 2 aromatic carbocycles. The van der Waals surface area contributed by atoms with Crippen LogP contribution in [0.3, 0.4) is 0 Å². The number of anilines is 1. The Kier molecular flexibility index (Phi) is 5.41. The van der Waals surface area contributed by atoms with Crippen LogP contribution in [0.2, 0.25) is 0 Å². The molecular formula is C19H19BrN4O4S. The number of sulfonamides is 1. The van der Waals surface area contributed by atoms with E-state index >= 15 is 0 Å². The lowest BCUT2D eigenvalue weighted by Gasteiger charge is -2.30. The maximum Gasteiger partial charge on any atom is 0.245 e. The van der Waals surface area contributed by atoms with Gasteiger partial charge in [-0.05, 0) is 75.8 Å². The number of piperidine rings is 1. The Bertz CT molecular complexity index is 1170. The minimum absolute atomic E-state index is 0.0720. The molecule has 1 N–H and O–H groups in total. The number of hydrogen-bond donors (Lipinski definition) is 1. The second kappa shape index (κ2) is 7.85. The fraction of sp³-hybridized carbons (Fsp3) is 0.316. The van der Waals surface area contributed by atoms with Gasteiger partial charge in [0.15, 0.2) is 5.52 Å². The number of halogens is 1. The van der Waals surface area contributed by atoms with Crippen LogP contribution in [0.5, 0.6) is 0 Å². The van der Waals surface area contributed by atoms with E-state index in [9.17, 15) is 13.2 Å². The highest BCUT2D eigenvalue weighted by molar-refractivity contribution is 9.10. The third-order valence-electron chi connectivity index (χ3n) is 5.07. The number of carbonyl (C=O) groups excluding carboxylic acids is 1. The second-order valence-corrected chi connectivity index (χ2v) is 9.80. The first-order valence-corrected chi connectivity index (χ1v) is 11.4. The fourth-order valence-corrected chi connectivity index (χ4v) is 5.64. The Morgan fingerprint density at radius 2 is 1.97 bits per heavy atom. The predicted molar refractivity (Wildman–Crippen MR) is 111 cm³/mol. The summed E-state index contributed by atoms with van der Waals surface area (Å²) in [4.78, 5) is 12.7. The maximum absolute atomic E-state index is 13.1. The van der Waals surface area contributed by atoms with E-state index in [1.807, 2.05) is 25.1 Å². The standard InChI is InChI=1S/C19H19BrN4O4S/c1-12-5-6-15(14(20)11-12)21-19(25)13-7-9-24(10-8-13)29(26,27)17-4-2-3-16-18(17)23-28-22-16/h2-6,11,13H,7-10H2,1H3,(H,21,25). The quantitative estimate of drug-likeness (QED) is 0.616. The normalized spacial score (nSPS) is 16.2. The number of benzene rings is 2. The first-order chi connectivity index (χ1) is 13.9. The van der Waals surface area contributed by atoms with Crippen molar-refractivity contribution in [2.24, 2.45) is 5.92 Å². The van der Waals surface area contributed by atoms with Crippen LogP contribution in [-0.4, -0.2) is 42.0 Å². The first-order valence-electron chi connectivity index (χ1n) is 9.15. The van der Waals surface area contributed by atoms with E-state index in [0.29, 0.717) is 24.0 Å². The summed E-state index contributed by atoms with van der Waals surface area (Å²) in [7, 11) is -3.75. The fourth-order valence-electron chi connectivity index (χ4n) is 3.44. The molecule has 0 spiro atoms. The molecule has 8 nitrogen and oxygen atoms in total. The van der Waals surface area contributed by atoms with Gasteiger partial charge in [-0.1, -0.05) is 12.1 Å². The second-order valence-electron chi connectivity index (χ2n) is 7.04. The van der Waals surface area contributed by atoms with E-state index in [2.05, 4.69) is 36.2 Å². The van der Waals surface area contributed by atoms with Crippen molar-refractivity contribution >= 4 is 48.6 Å². The first kappa shape index (κ1) is 20.0. The molecule has 3 aromatic rings. The van der Waals surface area contributed by atoms with Crippen molar-refractivity contribution in [1.29, 1.82) is 0 Å². The van der Waals surface area contributed by atoms with Gasteiger partial charge in [0.05, 0.1) is 5.69 Å². The van der Waals surface area contributed by atoms with Crippen LogP contribution in [0, 0.1) is 12.8 Å². The summed E-state index contributed by atoms with van der Waals surface area (Å²) in [6.45, 7) is 2.50. The highest BCUT2D eigenvalue weighted by Crippen LogP contribution is 2.29. The zero-order valence-corrected chi connectivity index (χ0v) is 18.0. The zero-order valence-electron chi connectivity index (χ0n) is 15.6. The molecule has 0 atom stereocenters. The smallest absolute Gasteiger partial charge is 0.245 e. The van der Waals surface area contributed by atoms with Gasteiger partial charge >= 0.3 is 0 Å². The lowest BCUT2D eigenvalue weighted by Crippen LogP contribution is -2.41. The molecule has 1 amide bonds. The summed E-state index contributed by atoms with van der Waals surface area (Å²) in [5.74, 6) is -0.353. The average molecular weight is 479 g/mol. The van der Waals surface area contributed by atoms with Crippen LogP contribution < -0.4 is 5.32 Å². The molecule has 29 heavy (non-hydrogen) atoms. The summed E-state index contributed by atoms with van der Waals surface area (Å²) in [6.07, 6.45) is 0.892. The zero-order chi connectivity index (χ0) is 20.6. The van der Waals surface area contributed by atoms with Crippen LogP contribution in [0.25, 0.3) is 11.0 Å². The van der Waals surface area contributed by atoms with Crippen molar-refractivity contribution in [2.45, 2.75) is 24.7 Å². The van der Waals surface area contributed by atoms with Crippen molar-refractivity contribution < 1.29 is 17.8 Å². The molecule has 0 aliphatic carbocycles. The number of hydrogen-bond acceptors (Lipinski definition) is 6. The van der Waals surface area contributed by atoms with Crippen LogP contribution in [0.1, 0.15) is 18.4 Å². The van der Waals surface area contributed by atoms with Crippen molar-refractivity contribution in [3.8, 4) is 0 Å². The van der Waals surface area contributed by atoms with Crippen LogP contribution in [0.15, 0.2) is 50.4 Å². The topological polar surface area (TPSA) is 105 Å². The molecule has 0 bridgehead atoms. The van der Waals surface area contributed by atoms with E-state index in [1.165, 1.54) is 10.4 Å². The Labute approximate surface area is 176 Å². The van der Waals surface area contributed by atoms with E-state index < -0.39 is 10.0 Å². The van der Waals surface area contributed by atoms with Crippen molar-refractivity contribution in [2.75, 3.05) is 18.4 Å². The Morgan fingerprint density at radius 1 is 1.21 bits per heavy atom. The van der Waals surface area contributed by atoms with Gasteiger partial charge in [-0.25, -0.2) is 13.0 Å². The molecule has 1 aliphatic heterocycles. The lowest BCUT2D eigenvalue weighted by atomic mass is 9.97. The van der Waals surface area contributed by atoms with Crippen molar-refractivity contribution in [1.82, 2.24) is 14.6 Å². The third kappa shape index (κ3) is 3.92. The molecule has 0 radical (unpaired) electrons. The number of carbonyl (C=O) groups is 1. The minimum Gasteiger partial charge on any atom is -0.325 e. The van der Waals surface area contributed by atoms with E-state index in [4.69, 9.17) is 0 Å². The third-order valence-corrected chi connectivity index (χ3v) is 7.66. The highest BCUT2D eigenvalue weighted by Gasteiger charge is 2.33. The van der Waals surface area contributed by atoms with Crippen molar-refractivity contribution in [3.63, 3.8) is 0 Å². The minimum atomic E-state index is -3.75. The number of nitrogens with zero attached hydrogens (tertiary/aromatic N) is 3. The van der Waals surface area contributed by atoms with Gasteiger partial charge in [-0.3, -0.25) is 4.79 Å². The molecule has 1 fully saturated rings. The largest absolute Gasteiger partial charge is 0.325 e. The predicted octanol–water partition coefficient (Wildman–Crippen LogP) is 3.33. The van der Waals surface area contributed by atoms with Gasteiger partial charge < -0.3 is 5.32 Å². The summed E-state index contributed by atoms with van der Waals surface area (Å²) in [5.41, 5.74) is 2.41. The monoisotopic (exact) mass is 478 g/mol. The molecule has 1 saturated heterocycles. The number of fused-ring (bicyclic) bond motifs is 1. The SMILES string of the molecule is Cc1ccc(NC(=O)C2CCN(S(=O)(=O)c3cccc4nonc34)CC2)c(Br)c1. The number of nitrogens with one attached hydrogen (secondary N) is 1. The molecule has 152 valence electrons. The maximum atomic E-state index is 13.1. The van der Waals surface area contributed by atoms with Gasteiger partial charge in [0.1, 0.15) is 10.4 Å². The van der Waals surface area contributed by atoms with Gasteiger partial charge in [0.25, 0.3) is 0 Å². The summed E-state index contributed by atoms with van der Waals surface area (Å²) in [6, 6.07) is 10.5. The lowest BCUT2D eigenvalue weighted by molar-refractivity contribution is -0.120. The Hall–Kier alpha value is -2.30. The Morgan fingerprint density at radius 3 is 2.69 bits per heavy atom. The molecule has 10 heteroatoms. The van der Waals surface area contributed by atoms with Gasteiger partial charge in [-0.15, -0.1) is 0 Å². The Balaban J connectivity index is 1.45. The van der Waals surface area contributed by atoms with Gasteiger partial charge in [0, 0.05) is 23.5 Å². The molecule has 1 aliphatic rings. The summed E-state index contributed by atoms with van der Waals surface area (Å²) in [5, 5.41) is 10.4. The van der Waals surface area contributed by atoms with Gasteiger partial charge in [0.2, 0.25) is 15.9 Å². The number of aryl methyl sites for hydroxylation is 1. The van der Waals surface area contributed by atoms with E-state index in [-0.39, 0.29) is 35.3 Å². The number of rotatable bonds is 4.